The molecular formula is C32H48N6O9. The molecule has 0 aromatic heterocycles. The third-order valence-electron chi connectivity index (χ3n) is 8.66. The molecule has 6 atom stereocenters. The van der Waals surface area contributed by atoms with Crippen LogP contribution in [-0.4, -0.2) is 117 Å². The topological polar surface area (TPSA) is 232 Å². The number of carbonyl (C=O) groups is 6. The van der Waals surface area contributed by atoms with Crippen LogP contribution in [-0.2, 0) is 35.2 Å². The summed E-state index contributed by atoms with van der Waals surface area (Å²) in [6.07, 6.45) is 1.63. The molecule has 0 bridgehead atoms. The Kier molecular flexibility index (Phi) is 13.1. The van der Waals surface area contributed by atoms with Gasteiger partial charge in [0.15, 0.2) is 0 Å². The van der Waals surface area contributed by atoms with Gasteiger partial charge in [0.05, 0.1) is 6.61 Å². The lowest BCUT2D eigenvalue weighted by Gasteiger charge is -2.33. The molecule has 1 aromatic rings. The Balaban J connectivity index is 1.80. The zero-order valence-electron chi connectivity index (χ0n) is 27.3. The quantitative estimate of drug-likeness (QED) is 0.130. The van der Waals surface area contributed by atoms with Crippen molar-refractivity contribution in [3.63, 3.8) is 0 Å². The van der Waals surface area contributed by atoms with Crippen LogP contribution in [0.4, 0.5) is 0 Å². The van der Waals surface area contributed by atoms with Crippen LogP contribution in [0.25, 0.3) is 0 Å². The zero-order chi connectivity index (χ0) is 35.0. The lowest BCUT2D eigenvalue weighted by molar-refractivity contribution is -0.150. The number of likely N-dealkylation sites (tertiary alicyclic amines) is 2. The molecule has 0 saturated carbocycles. The summed E-state index contributed by atoms with van der Waals surface area (Å²) in [6, 6.07) is -0.307. The summed E-state index contributed by atoms with van der Waals surface area (Å²) in [5, 5.41) is 36.6. The average Bonchev–Trinajstić information content (AvgIpc) is 3.72. The number of benzene rings is 1. The normalized spacial score (nSPS) is 20.4. The molecule has 47 heavy (non-hydrogen) atoms. The van der Waals surface area contributed by atoms with E-state index in [4.69, 9.17) is 5.73 Å². The molecule has 2 saturated heterocycles. The second kappa shape index (κ2) is 16.5. The highest BCUT2D eigenvalue weighted by molar-refractivity contribution is 5.97. The first-order chi connectivity index (χ1) is 22.2. The largest absolute Gasteiger partial charge is 0.508 e. The lowest BCUT2D eigenvalue weighted by atomic mass is 9.98. The third-order valence-corrected chi connectivity index (χ3v) is 8.66. The number of hydrogen-bond donors (Lipinski definition) is 7. The Morgan fingerprint density at radius 2 is 1.34 bits per heavy atom. The van der Waals surface area contributed by atoms with Crippen molar-refractivity contribution in [3.05, 3.63) is 29.8 Å². The fraction of sp³-hybridized carbons (Fsp3) is 0.625. The number of aliphatic hydroxyl groups is 1. The maximum atomic E-state index is 13.9. The van der Waals surface area contributed by atoms with Crippen LogP contribution >= 0.6 is 0 Å². The first-order valence-electron chi connectivity index (χ1n) is 16.0. The predicted molar refractivity (Wildman–Crippen MR) is 169 cm³/mol. The highest BCUT2D eigenvalue weighted by Crippen LogP contribution is 2.23. The minimum Gasteiger partial charge on any atom is -0.508 e. The van der Waals surface area contributed by atoms with Gasteiger partial charge in [0.25, 0.3) is 0 Å². The fourth-order valence-corrected chi connectivity index (χ4v) is 5.94. The standard InChI is InChI=1S/C32H48N6O9/c1-17(2)25(35-27(41)21(33)16-39)29(43)36-26(18(3)4)31(45)37-13-5-7-23(37)28(42)34-22(15-19-9-11-20(40)12-10-19)30(44)38-14-6-8-24(38)32(46)47/h9-12,17-18,21-26,39-40H,5-8,13-16,33H2,1-4H3,(H,34,42)(H,35,41)(H,36,43)(H,46,47)/t21-,22-,23-,24-,25-,26-/m0/s1. The van der Waals surface area contributed by atoms with Gasteiger partial charge in [-0.3, -0.25) is 24.0 Å². The van der Waals surface area contributed by atoms with Crippen molar-refractivity contribution in [1.82, 2.24) is 25.8 Å². The van der Waals surface area contributed by atoms with E-state index in [2.05, 4.69) is 16.0 Å². The minimum absolute atomic E-state index is 0.0221. The van der Waals surface area contributed by atoms with E-state index in [1.165, 1.54) is 21.9 Å². The molecule has 0 aliphatic carbocycles. The smallest absolute Gasteiger partial charge is 0.326 e. The van der Waals surface area contributed by atoms with Crippen molar-refractivity contribution < 1.29 is 44.1 Å². The number of rotatable bonds is 14. The monoisotopic (exact) mass is 660 g/mol. The maximum Gasteiger partial charge on any atom is 0.326 e. The Labute approximate surface area is 274 Å². The van der Waals surface area contributed by atoms with E-state index in [1.807, 2.05) is 0 Å². The molecule has 2 aliphatic heterocycles. The summed E-state index contributed by atoms with van der Waals surface area (Å²) in [6.45, 7) is 6.74. The lowest BCUT2D eigenvalue weighted by Crippen LogP contribution is -2.61. The molecule has 5 amide bonds. The number of nitrogens with one attached hydrogen (secondary N) is 3. The number of aliphatic carboxylic acids is 1. The summed E-state index contributed by atoms with van der Waals surface area (Å²) in [7, 11) is 0. The summed E-state index contributed by atoms with van der Waals surface area (Å²) in [5.74, 6) is -4.86. The molecule has 260 valence electrons. The van der Waals surface area contributed by atoms with Gasteiger partial charge >= 0.3 is 5.97 Å². The van der Waals surface area contributed by atoms with Gasteiger partial charge < -0.3 is 46.8 Å². The average molecular weight is 661 g/mol. The van der Waals surface area contributed by atoms with E-state index >= 15 is 0 Å². The van der Waals surface area contributed by atoms with Crippen LogP contribution in [0, 0.1) is 11.8 Å². The van der Waals surface area contributed by atoms with Gasteiger partial charge in [-0.25, -0.2) is 4.79 Å². The molecule has 2 fully saturated rings. The van der Waals surface area contributed by atoms with Crippen molar-refractivity contribution in [2.24, 2.45) is 17.6 Å². The van der Waals surface area contributed by atoms with Crippen LogP contribution in [0.1, 0.15) is 58.9 Å². The second-order valence-corrected chi connectivity index (χ2v) is 12.9. The minimum atomic E-state index is -1.22. The Morgan fingerprint density at radius 3 is 1.87 bits per heavy atom. The van der Waals surface area contributed by atoms with Crippen LogP contribution in [0.3, 0.4) is 0 Å². The number of nitrogens with zero attached hydrogens (tertiary/aromatic N) is 2. The highest BCUT2D eigenvalue weighted by atomic mass is 16.4. The summed E-state index contributed by atoms with van der Waals surface area (Å²) in [4.78, 5) is 81.5. The Morgan fingerprint density at radius 1 is 0.809 bits per heavy atom. The van der Waals surface area contributed by atoms with Crippen LogP contribution in [0.5, 0.6) is 5.75 Å². The van der Waals surface area contributed by atoms with Gasteiger partial charge in [0, 0.05) is 19.5 Å². The Bertz CT molecular complexity index is 1300. The van der Waals surface area contributed by atoms with Crippen LogP contribution in [0.2, 0.25) is 0 Å². The van der Waals surface area contributed by atoms with Crippen molar-refractivity contribution in [3.8, 4) is 5.75 Å². The van der Waals surface area contributed by atoms with Gasteiger partial charge in [-0.2, -0.15) is 0 Å². The molecule has 8 N–H and O–H groups in total. The van der Waals surface area contributed by atoms with Gasteiger partial charge in [0.1, 0.15) is 42.0 Å². The van der Waals surface area contributed by atoms with E-state index in [0.717, 1.165) is 0 Å². The Hall–Kier alpha value is -4.24. The number of phenols is 1. The van der Waals surface area contributed by atoms with Crippen molar-refractivity contribution >= 4 is 35.5 Å². The molecule has 0 radical (unpaired) electrons. The number of phenolic OH excluding ortho intramolecular Hbond substituents is 1. The predicted octanol–water partition coefficient (Wildman–Crippen LogP) is -0.913. The molecule has 2 heterocycles. The second-order valence-electron chi connectivity index (χ2n) is 12.9. The SMILES string of the molecule is CC(C)[C@H](NC(=O)[C@@H](N)CO)C(=O)N[C@H](C(=O)N1CCC[C@H]1C(=O)N[C@@H](Cc1ccc(O)cc1)C(=O)N1CCC[C@H]1C(=O)O)C(C)C. The van der Waals surface area contributed by atoms with Crippen LogP contribution in [0.15, 0.2) is 24.3 Å². The number of hydrogen-bond acceptors (Lipinski definition) is 9. The number of carbonyl (C=O) groups excluding carboxylic acids is 5. The number of aliphatic hydroxyl groups excluding tert-OH is 1. The van der Waals surface area contributed by atoms with Gasteiger partial charge in [-0.1, -0.05) is 39.8 Å². The maximum absolute atomic E-state index is 13.9. The summed E-state index contributed by atoms with van der Waals surface area (Å²) in [5.41, 5.74) is 6.22. The molecule has 15 nitrogen and oxygen atoms in total. The fourth-order valence-electron chi connectivity index (χ4n) is 5.94. The van der Waals surface area contributed by atoms with E-state index in [1.54, 1.807) is 39.8 Å². The van der Waals surface area contributed by atoms with Crippen molar-refractivity contribution in [2.75, 3.05) is 19.7 Å². The van der Waals surface area contributed by atoms with E-state index in [0.29, 0.717) is 31.2 Å². The molecule has 2 aliphatic rings. The third kappa shape index (κ3) is 9.41. The molecular weight excluding hydrogens is 612 g/mol. The number of nitrogens with two attached hydrogens (primary N) is 1. The van der Waals surface area contributed by atoms with Crippen molar-refractivity contribution in [1.29, 1.82) is 0 Å². The first kappa shape index (κ1) is 37.2. The van der Waals surface area contributed by atoms with Gasteiger partial charge in [-0.15, -0.1) is 0 Å². The highest BCUT2D eigenvalue weighted by Gasteiger charge is 2.42. The van der Waals surface area contributed by atoms with E-state index in [-0.39, 0.29) is 31.2 Å². The van der Waals surface area contributed by atoms with Gasteiger partial charge in [0.2, 0.25) is 29.5 Å². The van der Waals surface area contributed by atoms with Crippen LogP contribution < -0.4 is 21.7 Å². The molecule has 0 unspecified atom stereocenters. The summed E-state index contributed by atoms with van der Waals surface area (Å²) >= 11 is 0. The van der Waals surface area contributed by atoms with Crippen molar-refractivity contribution in [2.45, 2.75) is 96.1 Å². The van der Waals surface area contributed by atoms with Gasteiger partial charge in [-0.05, 0) is 55.2 Å². The molecule has 1 aromatic carbocycles. The first-order valence-corrected chi connectivity index (χ1v) is 16.0. The number of amides is 5. The summed E-state index contributed by atoms with van der Waals surface area (Å²) < 4.78 is 0. The van der Waals surface area contributed by atoms with E-state index in [9.17, 15) is 44.1 Å². The molecule has 0 spiro atoms. The molecule has 3 rings (SSSR count). The zero-order valence-corrected chi connectivity index (χ0v) is 27.3. The molecule has 15 heteroatoms. The number of carboxylic acids is 1. The van der Waals surface area contributed by atoms with E-state index < -0.39 is 84.3 Å². The number of aromatic hydroxyl groups is 1. The number of carboxylic acid groups (broad SMARTS) is 1.